The molecule has 1 amide bonds. The number of hydrogen-bond acceptors (Lipinski definition) is 5. The van der Waals surface area contributed by atoms with Gasteiger partial charge in [0.05, 0.1) is 0 Å². The van der Waals surface area contributed by atoms with Gasteiger partial charge in [-0.15, -0.1) is 10.2 Å². The molecule has 0 aliphatic carbocycles. The summed E-state index contributed by atoms with van der Waals surface area (Å²) >= 11 is 5.85. The summed E-state index contributed by atoms with van der Waals surface area (Å²) in [5.41, 5.74) is 0.913. The molecule has 0 saturated carbocycles. The number of aromatic nitrogens is 2. The molecule has 4 aromatic rings. The maximum atomic E-state index is 14.5. The zero-order chi connectivity index (χ0) is 21.6. The second kappa shape index (κ2) is 9.40. The lowest BCUT2D eigenvalue weighted by atomic mass is 10.1. The molecule has 0 saturated heterocycles. The third kappa shape index (κ3) is 5.07. The molecule has 156 valence electrons. The molecule has 0 radical (unpaired) electrons. The van der Waals surface area contributed by atoms with Gasteiger partial charge in [-0.1, -0.05) is 48.0 Å². The average molecular weight is 438 g/mol. The summed E-state index contributed by atoms with van der Waals surface area (Å²) in [7, 11) is 0. The highest BCUT2D eigenvalue weighted by atomic mass is 35.5. The first-order valence-electron chi connectivity index (χ1n) is 9.41. The van der Waals surface area contributed by atoms with Crippen molar-refractivity contribution in [2.75, 3.05) is 6.61 Å². The molecule has 3 aromatic carbocycles. The largest absolute Gasteiger partial charge is 0.484 e. The number of carbonyl (C=O) groups is 1. The molecule has 0 fully saturated rings. The maximum Gasteiger partial charge on any atom is 0.258 e. The van der Waals surface area contributed by atoms with Gasteiger partial charge in [0.25, 0.3) is 5.91 Å². The summed E-state index contributed by atoms with van der Waals surface area (Å²) in [6, 6.07) is 20.9. The van der Waals surface area contributed by atoms with E-state index < -0.39 is 17.8 Å². The van der Waals surface area contributed by atoms with E-state index in [1.165, 1.54) is 6.07 Å². The first-order valence-corrected chi connectivity index (χ1v) is 9.79. The van der Waals surface area contributed by atoms with Gasteiger partial charge in [-0.3, -0.25) is 4.79 Å². The number of carbonyl (C=O) groups excluding carboxylic acids is 1. The molecule has 8 heteroatoms. The molecule has 1 unspecified atom stereocenters. The average Bonchev–Trinajstić information content (AvgIpc) is 3.28. The van der Waals surface area contributed by atoms with Crippen molar-refractivity contribution in [1.29, 1.82) is 0 Å². The van der Waals surface area contributed by atoms with Crippen molar-refractivity contribution in [3.63, 3.8) is 0 Å². The van der Waals surface area contributed by atoms with Crippen molar-refractivity contribution < 1.29 is 18.3 Å². The minimum atomic E-state index is -0.979. The number of benzene rings is 3. The third-order valence-corrected chi connectivity index (χ3v) is 4.67. The second-order valence-electron chi connectivity index (χ2n) is 6.58. The van der Waals surface area contributed by atoms with E-state index in [0.717, 1.165) is 0 Å². The predicted molar refractivity (Wildman–Crippen MR) is 113 cm³/mol. The number of rotatable bonds is 7. The Morgan fingerprint density at radius 2 is 1.71 bits per heavy atom. The highest BCUT2D eigenvalue weighted by Crippen LogP contribution is 2.26. The third-order valence-electron chi connectivity index (χ3n) is 4.41. The number of ether oxygens (including phenoxy) is 1. The smallest absolute Gasteiger partial charge is 0.258 e. The minimum Gasteiger partial charge on any atom is -0.484 e. The lowest BCUT2D eigenvalue weighted by Crippen LogP contribution is -2.34. The topological polar surface area (TPSA) is 77.2 Å². The Morgan fingerprint density at radius 3 is 2.45 bits per heavy atom. The number of nitrogens with zero attached hydrogens (tertiary/aromatic N) is 2. The first kappa shape index (κ1) is 20.6. The van der Waals surface area contributed by atoms with E-state index in [0.29, 0.717) is 16.3 Å². The molecule has 4 rings (SSSR count). The van der Waals surface area contributed by atoms with Crippen molar-refractivity contribution in [2.45, 2.75) is 6.04 Å². The zero-order valence-corrected chi connectivity index (χ0v) is 16.9. The molecule has 1 atom stereocenters. The maximum absolute atomic E-state index is 14.5. The molecular formula is C23H17ClFN3O3. The zero-order valence-electron chi connectivity index (χ0n) is 16.2. The molecule has 6 nitrogen and oxygen atoms in total. The number of nitrogens with one attached hydrogen (secondary N) is 1. The summed E-state index contributed by atoms with van der Waals surface area (Å²) in [5, 5.41) is 11.3. The Kier molecular flexibility index (Phi) is 6.24. The number of amides is 1. The van der Waals surface area contributed by atoms with E-state index in [1.54, 1.807) is 42.5 Å². The molecule has 1 N–H and O–H groups in total. The van der Waals surface area contributed by atoms with E-state index in [4.69, 9.17) is 20.8 Å². The normalized spacial score (nSPS) is 11.7. The van der Waals surface area contributed by atoms with Crippen LogP contribution in [0.15, 0.2) is 83.3 Å². The van der Waals surface area contributed by atoms with Gasteiger partial charge in [-0.2, -0.15) is 0 Å². The molecule has 31 heavy (non-hydrogen) atoms. The van der Waals surface area contributed by atoms with Crippen LogP contribution >= 0.6 is 11.6 Å². The van der Waals surface area contributed by atoms with Gasteiger partial charge in [-0.25, -0.2) is 4.39 Å². The van der Waals surface area contributed by atoms with Crippen molar-refractivity contribution in [1.82, 2.24) is 15.5 Å². The standard InChI is InChI=1S/C23H17ClFN3O3/c24-16-10-12-17(13-11-16)30-14-20(29)26-21(18-8-4-5-9-19(18)25)23-28-27-22(31-23)15-6-2-1-3-7-15/h1-13,21H,14H2,(H,26,29). The van der Waals surface area contributed by atoms with Crippen LogP contribution < -0.4 is 10.1 Å². The van der Waals surface area contributed by atoms with Crippen LogP contribution in [0.25, 0.3) is 11.5 Å². The fourth-order valence-corrected chi connectivity index (χ4v) is 3.04. The highest BCUT2D eigenvalue weighted by Gasteiger charge is 2.26. The van der Waals surface area contributed by atoms with Gasteiger partial charge < -0.3 is 14.5 Å². The fraction of sp³-hybridized carbons (Fsp3) is 0.0870. The molecule has 0 bridgehead atoms. The summed E-state index contributed by atoms with van der Waals surface area (Å²) in [4.78, 5) is 12.6. The van der Waals surface area contributed by atoms with Crippen LogP contribution in [-0.4, -0.2) is 22.7 Å². The molecule has 0 aliphatic rings. The summed E-state index contributed by atoms with van der Waals surface area (Å²) < 4.78 is 25.7. The van der Waals surface area contributed by atoms with Gasteiger partial charge in [-0.05, 0) is 42.5 Å². The quantitative estimate of drug-likeness (QED) is 0.449. The van der Waals surface area contributed by atoms with Gasteiger partial charge in [0.2, 0.25) is 11.8 Å². The lowest BCUT2D eigenvalue weighted by molar-refractivity contribution is -0.123. The van der Waals surface area contributed by atoms with E-state index in [9.17, 15) is 9.18 Å². The van der Waals surface area contributed by atoms with Crippen molar-refractivity contribution >= 4 is 17.5 Å². The minimum absolute atomic E-state index is 0.0591. The van der Waals surface area contributed by atoms with E-state index in [-0.39, 0.29) is 24.0 Å². The summed E-state index contributed by atoms with van der Waals surface area (Å²) in [6.07, 6.45) is 0. The Bertz CT molecular complexity index is 1170. The van der Waals surface area contributed by atoms with Gasteiger partial charge in [0.15, 0.2) is 6.61 Å². The lowest BCUT2D eigenvalue weighted by Gasteiger charge is -2.16. The Balaban J connectivity index is 1.55. The van der Waals surface area contributed by atoms with Crippen LogP contribution in [0.4, 0.5) is 4.39 Å². The molecule has 1 heterocycles. The molecule has 0 aliphatic heterocycles. The monoisotopic (exact) mass is 437 g/mol. The molecular weight excluding hydrogens is 421 g/mol. The van der Waals surface area contributed by atoms with Crippen LogP contribution in [0.5, 0.6) is 5.75 Å². The predicted octanol–water partition coefficient (Wildman–Crippen LogP) is 4.81. The van der Waals surface area contributed by atoms with Crippen molar-refractivity contribution in [3.05, 3.63) is 101 Å². The van der Waals surface area contributed by atoms with Crippen LogP contribution in [-0.2, 0) is 4.79 Å². The van der Waals surface area contributed by atoms with Gasteiger partial charge in [0, 0.05) is 16.1 Å². The van der Waals surface area contributed by atoms with E-state index in [2.05, 4.69) is 15.5 Å². The van der Waals surface area contributed by atoms with E-state index in [1.807, 2.05) is 30.3 Å². The van der Waals surface area contributed by atoms with Gasteiger partial charge in [0.1, 0.15) is 17.6 Å². The molecule has 0 spiro atoms. The first-order chi connectivity index (χ1) is 15.1. The van der Waals surface area contributed by atoms with Crippen molar-refractivity contribution in [2.24, 2.45) is 0 Å². The number of hydrogen-bond donors (Lipinski definition) is 1. The summed E-state index contributed by atoms with van der Waals surface area (Å²) in [5.74, 6) is -0.188. The van der Waals surface area contributed by atoms with E-state index >= 15 is 0 Å². The number of halogens is 2. The fourth-order valence-electron chi connectivity index (χ4n) is 2.91. The Morgan fingerprint density at radius 1 is 1.00 bits per heavy atom. The molecule has 1 aromatic heterocycles. The van der Waals surface area contributed by atoms with Crippen molar-refractivity contribution in [3.8, 4) is 17.2 Å². The SMILES string of the molecule is O=C(COc1ccc(Cl)cc1)NC(c1nnc(-c2ccccc2)o1)c1ccccc1F. The Hall–Kier alpha value is -3.71. The van der Waals surface area contributed by atoms with Crippen LogP contribution in [0, 0.1) is 5.82 Å². The van der Waals surface area contributed by atoms with Crippen LogP contribution in [0.3, 0.4) is 0 Å². The highest BCUT2D eigenvalue weighted by molar-refractivity contribution is 6.30. The second-order valence-corrected chi connectivity index (χ2v) is 7.01. The van der Waals surface area contributed by atoms with Gasteiger partial charge >= 0.3 is 0 Å². The van der Waals surface area contributed by atoms with Crippen LogP contribution in [0.2, 0.25) is 5.02 Å². The van der Waals surface area contributed by atoms with Crippen LogP contribution in [0.1, 0.15) is 17.5 Å². The Labute approximate surface area is 182 Å². The summed E-state index contributed by atoms with van der Waals surface area (Å²) in [6.45, 7) is -0.285.